The van der Waals surface area contributed by atoms with E-state index in [1.54, 1.807) is 114 Å². The summed E-state index contributed by atoms with van der Waals surface area (Å²) in [5, 5.41) is 46.3. The lowest BCUT2D eigenvalue weighted by molar-refractivity contribution is -0.373. The van der Waals surface area contributed by atoms with E-state index in [1.165, 1.54) is 21.3 Å². The number of halogens is 3. The number of aliphatic carboxylic acids is 2. The number of nitrogens with two attached hydrogens (primary N) is 4. The van der Waals surface area contributed by atoms with Gasteiger partial charge in [0.15, 0.2) is 0 Å². The summed E-state index contributed by atoms with van der Waals surface area (Å²) in [7, 11) is 3.88. The first-order valence-corrected chi connectivity index (χ1v) is 31.1. The summed E-state index contributed by atoms with van der Waals surface area (Å²) >= 11 is 19.3. The van der Waals surface area contributed by atoms with Crippen LogP contribution in [0.4, 0.5) is 4.79 Å². The Hall–Kier alpha value is -8.92. The lowest BCUT2D eigenvalue weighted by atomic mass is 9.80. The number of hydrogen-bond donors (Lipinski definition) is 10. The molecule has 0 saturated heterocycles. The van der Waals surface area contributed by atoms with E-state index in [-0.39, 0.29) is 56.4 Å². The number of aliphatic hydroxyl groups is 2. The van der Waals surface area contributed by atoms with Crippen LogP contribution >= 0.6 is 34.8 Å². The molecule has 0 saturated carbocycles. The van der Waals surface area contributed by atoms with E-state index in [1.807, 2.05) is 0 Å². The van der Waals surface area contributed by atoms with Crippen molar-refractivity contribution in [2.24, 2.45) is 22.9 Å². The Morgan fingerprint density at radius 1 is 0.469 bits per heavy atom. The van der Waals surface area contributed by atoms with Gasteiger partial charge >= 0.3 is 41.8 Å². The molecular weight excluding hydrogens is 1350 g/mol. The van der Waals surface area contributed by atoms with Crippen LogP contribution in [0.1, 0.15) is 76.0 Å². The third-order valence-electron chi connectivity index (χ3n) is 13.6. The smallest absolute Gasteiger partial charge is 0.336 e. The largest absolute Gasteiger partial charge is 0.547 e. The maximum absolute atomic E-state index is 12.9. The maximum Gasteiger partial charge on any atom is 0.336 e. The molecular formula is C65H84Cl3N8O22-. The number of urea groups is 1. The van der Waals surface area contributed by atoms with Crippen molar-refractivity contribution in [1.82, 2.24) is 16.0 Å². The number of carbonyl (C=O) groups is 9. The van der Waals surface area contributed by atoms with Gasteiger partial charge in [-0.2, -0.15) is 0 Å². The number of methoxy groups -OCH3 is 3. The van der Waals surface area contributed by atoms with Gasteiger partial charge in [0.05, 0.1) is 168 Å². The van der Waals surface area contributed by atoms with Gasteiger partial charge in [0.25, 0.3) is 0 Å². The first-order chi connectivity index (χ1) is 46.6. The van der Waals surface area contributed by atoms with Crippen LogP contribution in [0.25, 0.3) is 0 Å². The molecule has 3 heterocycles. The van der Waals surface area contributed by atoms with E-state index < -0.39 is 83.7 Å². The van der Waals surface area contributed by atoms with Gasteiger partial charge in [-0.3, -0.25) is 0 Å². The van der Waals surface area contributed by atoms with Crippen molar-refractivity contribution in [2.75, 3.05) is 100 Å². The lowest BCUT2D eigenvalue weighted by Crippen LogP contribution is -2.52. The van der Waals surface area contributed by atoms with Crippen LogP contribution in [-0.4, -0.2) is 177 Å². The second kappa shape index (κ2) is 44.1. The quantitative estimate of drug-likeness (QED) is 0.0279. The van der Waals surface area contributed by atoms with Crippen molar-refractivity contribution in [3.63, 3.8) is 0 Å². The molecule has 98 heavy (non-hydrogen) atoms. The number of carboxylic acid groups (broad SMARTS) is 2. The molecule has 0 aliphatic carbocycles. The fourth-order valence-electron chi connectivity index (χ4n) is 9.63. The van der Waals surface area contributed by atoms with Crippen molar-refractivity contribution >= 4 is 88.6 Å². The number of allylic oxidation sites excluding steroid dienone is 3. The molecule has 3 aliphatic heterocycles. The number of carbonyl (C=O) groups excluding carboxylic acids is 9. The van der Waals surface area contributed by atoms with Gasteiger partial charge in [0, 0.05) is 45.2 Å². The second-order valence-electron chi connectivity index (χ2n) is 20.2. The summed E-state index contributed by atoms with van der Waals surface area (Å²) in [6, 6.07) is 20.3. The molecule has 0 radical (unpaired) electrons. The molecule has 3 aromatic rings. The zero-order valence-corrected chi connectivity index (χ0v) is 57.8. The van der Waals surface area contributed by atoms with E-state index in [9.17, 15) is 48.6 Å². The molecule has 3 aromatic carbocycles. The van der Waals surface area contributed by atoms with Crippen LogP contribution in [-0.2, 0) is 81.0 Å². The number of esters is 6. The zero-order valence-electron chi connectivity index (χ0n) is 55.5. The predicted molar refractivity (Wildman–Crippen MR) is 351 cm³/mol. The minimum Gasteiger partial charge on any atom is -0.547 e. The molecule has 6 rings (SSSR count). The van der Waals surface area contributed by atoms with Gasteiger partial charge < -0.3 is 117 Å². The summed E-state index contributed by atoms with van der Waals surface area (Å²) in [6.07, 6.45) is -4.88. The highest BCUT2D eigenvalue weighted by Gasteiger charge is 2.43. The SMILES string of the molecule is CCOC(=O)C1=C(COCCN)NC(C)=C(C(=O)OC)C1c1ccccc1Cl.CCOC(=O)C1=C(COCCN)NC(C)=C(C(=O)OC)[C@@H]1c1ccccc1Cl.CCOC(=O)C1=C(COCC[NH3+])NC(C)=C(C(=O)OC)[C@@H]1c1ccccc1Cl.NC(N)=O.O=C([O-])[C@@H](O)[C@H](O)C(=O)[O-]. The van der Waals surface area contributed by atoms with Crippen LogP contribution in [0.15, 0.2) is 140 Å². The molecule has 0 bridgehead atoms. The van der Waals surface area contributed by atoms with Crippen LogP contribution in [0.3, 0.4) is 0 Å². The monoisotopic (exact) mass is 1430 g/mol. The van der Waals surface area contributed by atoms with Gasteiger partial charge in [-0.15, -0.1) is 0 Å². The fraction of sp³-hybridized carbons (Fsp3) is 0.400. The van der Waals surface area contributed by atoms with Crippen molar-refractivity contribution in [3.05, 3.63) is 172 Å². The van der Waals surface area contributed by atoms with Crippen LogP contribution in [0.5, 0.6) is 0 Å². The molecule has 30 nitrogen and oxygen atoms in total. The number of rotatable bonds is 27. The van der Waals surface area contributed by atoms with Crippen molar-refractivity contribution in [3.8, 4) is 0 Å². The van der Waals surface area contributed by atoms with Crippen LogP contribution in [0.2, 0.25) is 15.1 Å². The van der Waals surface area contributed by atoms with E-state index in [0.29, 0.717) is 122 Å². The van der Waals surface area contributed by atoms with Gasteiger partial charge in [-0.25, -0.2) is 33.6 Å². The normalized spacial score (nSPS) is 16.2. The number of hydrogen-bond acceptors (Lipinski definition) is 27. The number of aliphatic hydroxyl groups excluding tert-OH is 2. The maximum atomic E-state index is 12.9. The molecule has 33 heteroatoms. The second-order valence-corrected chi connectivity index (χ2v) is 21.4. The number of nitrogens with one attached hydrogen (secondary N) is 3. The van der Waals surface area contributed by atoms with Gasteiger partial charge in [0.2, 0.25) is 0 Å². The van der Waals surface area contributed by atoms with Crippen molar-refractivity contribution < 1.29 is 112 Å². The summed E-state index contributed by atoms with van der Waals surface area (Å²) < 4.78 is 47.4. The summed E-state index contributed by atoms with van der Waals surface area (Å²) in [5.74, 6) is -9.67. The molecule has 5 atom stereocenters. The first-order valence-electron chi connectivity index (χ1n) is 29.9. The Morgan fingerprint density at radius 2 is 0.714 bits per heavy atom. The Kier molecular flexibility index (Phi) is 38.3. The summed E-state index contributed by atoms with van der Waals surface area (Å²) in [4.78, 5) is 105. The Bertz CT molecular complexity index is 3160. The topological polar surface area (TPSA) is 491 Å². The lowest BCUT2D eigenvalue weighted by Gasteiger charge is -2.31. The number of primary amides is 2. The summed E-state index contributed by atoms with van der Waals surface area (Å²) in [6.45, 7) is 13.7. The molecule has 538 valence electrons. The molecule has 3 aliphatic rings. The highest BCUT2D eigenvalue weighted by atomic mass is 35.5. The first kappa shape index (κ1) is 85.2. The number of carboxylic acids is 2. The average molecular weight is 1440 g/mol. The Morgan fingerprint density at radius 3 is 0.918 bits per heavy atom. The van der Waals surface area contributed by atoms with Crippen LogP contribution < -0.4 is 54.8 Å². The number of amides is 2. The van der Waals surface area contributed by atoms with E-state index in [0.717, 1.165) is 0 Å². The highest BCUT2D eigenvalue weighted by Crippen LogP contribution is 2.45. The van der Waals surface area contributed by atoms with E-state index >= 15 is 0 Å². The van der Waals surface area contributed by atoms with Gasteiger partial charge in [-0.1, -0.05) is 89.4 Å². The summed E-state index contributed by atoms with van der Waals surface area (Å²) in [5.41, 5.74) is 29.9. The molecule has 0 aromatic heterocycles. The number of ether oxygens (including phenoxy) is 9. The van der Waals surface area contributed by atoms with Crippen LogP contribution in [0, 0.1) is 0 Å². The molecule has 0 fully saturated rings. The van der Waals surface area contributed by atoms with Gasteiger partial charge in [0.1, 0.15) is 12.2 Å². The van der Waals surface area contributed by atoms with E-state index in [2.05, 4.69) is 33.2 Å². The van der Waals surface area contributed by atoms with Crippen molar-refractivity contribution in [2.45, 2.75) is 71.5 Å². The highest BCUT2D eigenvalue weighted by molar-refractivity contribution is 6.32. The Balaban J connectivity index is 0.000000454. The van der Waals surface area contributed by atoms with E-state index in [4.69, 9.17) is 104 Å². The number of dihydropyridines is 3. The van der Waals surface area contributed by atoms with Crippen molar-refractivity contribution in [1.29, 1.82) is 0 Å². The molecule has 0 spiro atoms. The predicted octanol–water partition coefficient (Wildman–Crippen LogP) is 0.314. The Labute approximate surface area is 580 Å². The minimum absolute atomic E-state index is 0.109. The minimum atomic E-state index is -2.44. The standard InChI is InChI=1S/3C20H25ClN2O5.C4H6O6.CH4N2O/c3*1-4-28-20(25)18-15(11-27-10-9-22)23-12(2)16(19(24)26-3)17(18)13-7-5-6-8-14(13)21;5-1(3(7)8)2(6)4(9)10;2-1(3)4/h3*5-8,17,23H,4,9-11,22H2,1-3H3;1-2,5-6H,(H,7,8)(H,9,10);(H4,2,3,4)/p-1/t2*17-;;1-,2-;/m00.0./s1. The number of benzene rings is 3. The molecule has 16 N–H and O–H groups in total. The molecule has 1 unspecified atom stereocenters. The number of quaternary nitrogens is 1. The third-order valence-corrected chi connectivity index (χ3v) is 14.7. The zero-order chi connectivity index (χ0) is 73.9. The van der Waals surface area contributed by atoms with Gasteiger partial charge in [-0.05, 0) is 76.4 Å². The average Bonchev–Trinajstić information content (AvgIpc) is 0.777. The molecule has 2 amide bonds. The fourth-order valence-corrected chi connectivity index (χ4v) is 10.4. The third kappa shape index (κ3) is 24.6.